The van der Waals surface area contributed by atoms with Crippen molar-refractivity contribution in [1.82, 2.24) is 9.38 Å². The van der Waals surface area contributed by atoms with Gasteiger partial charge in [-0.05, 0) is 43.7 Å². The Morgan fingerprint density at radius 3 is 2.68 bits per heavy atom. The van der Waals surface area contributed by atoms with Gasteiger partial charge in [-0.25, -0.2) is 9.78 Å². The fourth-order valence-corrected chi connectivity index (χ4v) is 3.29. The summed E-state index contributed by atoms with van der Waals surface area (Å²) in [6.45, 7) is 4.50. The Hall–Kier alpha value is -3.35. The van der Waals surface area contributed by atoms with Crippen molar-refractivity contribution < 1.29 is 19.0 Å². The predicted molar refractivity (Wildman–Crippen MR) is 118 cm³/mol. The van der Waals surface area contributed by atoms with Gasteiger partial charge in [-0.15, -0.1) is 0 Å². The molecule has 0 bridgehead atoms. The number of benzene rings is 1. The highest BCUT2D eigenvalue weighted by Crippen LogP contribution is 2.28. The molecule has 2 heterocycles. The van der Waals surface area contributed by atoms with Gasteiger partial charge in [0.25, 0.3) is 5.56 Å². The molecule has 3 aromatic rings. The summed E-state index contributed by atoms with van der Waals surface area (Å²) in [4.78, 5) is 29.3. The Morgan fingerprint density at radius 2 is 1.90 bits per heavy atom. The molecule has 7 nitrogen and oxygen atoms in total. The molecule has 3 rings (SSSR count). The average molecular weight is 424 g/mol. The second-order valence-electron chi connectivity index (χ2n) is 7.30. The van der Waals surface area contributed by atoms with Crippen LogP contribution in [-0.4, -0.2) is 29.1 Å². The molecule has 0 unspecified atom stereocenters. The highest BCUT2D eigenvalue weighted by molar-refractivity contribution is 5.90. The molecule has 0 saturated heterocycles. The number of nitrogens with zero attached hydrogens (tertiary/aromatic N) is 2. The first kappa shape index (κ1) is 22.3. The Bertz CT molecular complexity index is 1110. The van der Waals surface area contributed by atoms with Gasteiger partial charge in [-0.3, -0.25) is 9.20 Å². The van der Waals surface area contributed by atoms with Crippen LogP contribution in [0.1, 0.15) is 54.4 Å². The molecule has 7 heteroatoms. The van der Waals surface area contributed by atoms with Crippen molar-refractivity contribution in [2.24, 2.45) is 0 Å². The number of carbonyl (C=O) groups excluding carboxylic acids is 1. The molecular formula is C24H28N2O5. The summed E-state index contributed by atoms with van der Waals surface area (Å²) in [5.74, 6) is 0.539. The third kappa shape index (κ3) is 5.63. The van der Waals surface area contributed by atoms with Gasteiger partial charge in [-0.2, -0.15) is 0 Å². The molecule has 0 atom stereocenters. The zero-order chi connectivity index (χ0) is 22.2. The second-order valence-corrected chi connectivity index (χ2v) is 7.30. The molecular weight excluding hydrogens is 396 g/mol. The number of fused-ring (bicyclic) bond motifs is 1. The standard InChI is InChI=1S/C24H28N2O5/c1-4-5-6-7-13-30-20-12-11-18(14-21(20)29-3)24(28)31-16-19-15-23(27)26-17(2)9-8-10-22(26)25-19/h8-12,14-15H,4-7,13,16H2,1-3H3. The van der Waals surface area contributed by atoms with Crippen molar-refractivity contribution >= 4 is 11.6 Å². The molecule has 0 amide bonds. The molecule has 0 N–H and O–H groups in total. The first-order valence-corrected chi connectivity index (χ1v) is 10.5. The summed E-state index contributed by atoms with van der Waals surface area (Å²) in [5.41, 5.74) is 1.82. The van der Waals surface area contributed by atoms with E-state index in [0.717, 1.165) is 18.5 Å². The van der Waals surface area contributed by atoms with Crippen molar-refractivity contribution in [2.75, 3.05) is 13.7 Å². The van der Waals surface area contributed by atoms with Crippen molar-refractivity contribution in [3.05, 3.63) is 69.8 Å². The number of hydrogen-bond donors (Lipinski definition) is 0. The summed E-state index contributed by atoms with van der Waals surface area (Å²) in [6.07, 6.45) is 4.45. The van der Waals surface area contributed by atoms with Gasteiger partial charge in [0.1, 0.15) is 12.3 Å². The van der Waals surface area contributed by atoms with E-state index in [4.69, 9.17) is 14.2 Å². The molecule has 164 valence electrons. The molecule has 2 aromatic heterocycles. The van der Waals surface area contributed by atoms with Gasteiger partial charge in [0.2, 0.25) is 0 Å². The highest BCUT2D eigenvalue weighted by Gasteiger charge is 2.14. The second kappa shape index (κ2) is 10.6. The van der Waals surface area contributed by atoms with Crippen molar-refractivity contribution in [1.29, 1.82) is 0 Å². The SMILES string of the molecule is CCCCCCOc1ccc(C(=O)OCc2cc(=O)n3c(C)cccc3n2)cc1OC. The molecule has 0 aliphatic heterocycles. The number of unbranched alkanes of at least 4 members (excludes halogenated alkanes) is 3. The van der Waals surface area contributed by atoms with Gasteiger partial charge in [0.15, 0.2) is 11.5 Å². The average Bonchev–Trinajstić information content (AvgIpc) is 2.77. The zero-order valence-electron chi connectivity index (χ0n) is 18.2. The minimum atomic E-state index is -0.529. The smallest absolute Gasteiger partial charge is 0.338 e. The summed E-state index contributed by atoms with van der Waals surface area (Å²) >= 11 is 0. The minimum absolute atomic E-state index is 0.101. The van der Waals surface area contributed by atoms with E-state index >= 15 is 0 Å². The molecule has 0 saturated carbocycles. The lowest BCUT2D eigenvalue weighted by atomic mass is 10.2. The zero-order valence-corrected chi connectivity index (χ0v) is 18.2. The topological polar surface area (TPSA) is 79.1 Å². The number of esters is 1. The van der Waals surface area contributed by atoms with E-state index in [2.05, 4.69) is 11.9 Å². The van der Waals surface area contributed by atoms with Crippen LogP contribution < -0.4 is 15.0 Å². The molecule has 0 aliphatic carbocycles. The first-order valence-electron chi connectivity index (χ1n) is 10.5. The van der Waals surface area contributed by atoms with E-state index in [1.165, 1.54) is 30.4 Å². The number of carbonyl (C=O) groups is 1. The molecule has 0 radical (unpaired) electrons. The molecule has 31 heavy (non-hydrogen) atoms. The third-order valence-electron chi connectivity index (χ3n) is 4.94. The maximum Gasteiger partial charge on any atom is 0.338 e. The van der Waals surface area contributed by atoms with Gasteiger partial charge in [0.05, 0.1) is 25.0 Å². The number of rotatable bonds is 10. The van der Waals surface area contributed by atoms with Crippen molar-refractivity contribution in [2.45, 2.75) is 46.1 Å². The van der Waals surface area contributed by atoms with E-state index in [0.29, 0.717) is 35.0 Å². The van der Waals surface area contributed by atoms with E-state index in [1.54, 1.807) is 24.3 Å². The minimum Gasteiger partial charge on any atom is -0.493 e. The number of aromatic nitrogens is 2. The summed E-state index contributed by atoms with van der Waals surface area (Å²) in [5, 5.41) is 0. The Kier molecular flexibility index (Phi) is 7.65. The van der Waals surface area contributed by atoms with E-state index in [1.807, 2.05) is 19.1 Å². The Balaban J connectivity index is 1.65. The molecule has 1 aromatic carbocycles. The summed E-state index contributed by atoms with van der Waals surface area (Å²) in [6, 6.07) is 11.7. The predicted octanol–water partition coefficient (Wildman–Crippen LogP) is 4.33. The van der Waals surface area contributed by atoms with Crippen LogP contribution in [0.2, 0.25) is 0 Å². The van der Waals surface area contributed by atoms with Gasteiger partial charge in [0, 0.05) is 11.8 Å². The van der Waals surface area contributed by atoms with Crippen LogP contribution in [0.3, 0.4) is 0 Å². The fourth-order valence-electron chi connectivity index (χ4n) is 3.29. The van der Waals surface area contributed by atoms with E-state index in [9.17, 15) is 9.59 Å². The lowest BCUT2D eigenvalue weighted by molar-refractivity contribution is 0.0467. The van der Waals surface area contributed by atoms with Crippen LogP contribution in [0.25, 0.3) is 5.65 Å². The summed E-state index contributed by atoms with van der Waals surface area (Å²) < 4.78 is 18.0. The van der Waals surface area contributed by atoms with Crippen LogP contribution in [0, 0.1) is 6.92 Å². The van der Waals surface area contributed by atoms with Gasteiger partial charge < -0.3 is 14.2 Å². The number of hydrogen-bond acceptors (Lipinski definition) is 6. The summed E-state index contributed by atoms with van der Waals surface area (Å²) in [7, 11) is 1.53. The van der Waals surface area contributed by atoms with Crippen molar-refractivity contribution in [3.63, 3.8) is 0 Å². The maximum absolute atomic E-state index is 12.5. The fraction of sp³-hybridized carbons (Fsp3) is 0.375. The van der Waals surface area contributed by atoms with Crippen LogP contribution in [0.5, 0.6) is 11.5 Å². The number of aryl methyl sites for hydroxylation is 1. The Morgan fingerprint density at radius 1 is 1.06 bits per heavy atom. The highest BCUT2D eigenvalue weighted by atomic mass is 16.5. The van der Waals surface area contributed by atoms with Crippen molar-refractivity contribution in [3.8, 4) is 11.5 Å². The monoisotopic (exact) mass is 424 g/mol. The Labute approximate surface area is 181 Å². The normalized spacial score (nSPS) is 10.8. The van der Waals surface area contributed by atoms with Crippen LogP contribution in [0.4, 0.5) is 0 Å². The van der Waals surface area contributed by atoms with Gasteiger partial charge >= 0.3 is 5.97 Å². The number of pyridine rings is 1. The van der Waals surface area contributed by atoms with E-state index in [-0.39, 0.29) is 12.2 Å². The van der Waals surface area contributed by atoms with Crippen LogP contribution in [-0.2, 0) is 11.3 Å². The number of ether oxygens (including phenoxy) is 3. The lowest BCUT2D eigenvalue weighted by Crippen LogP contribution is -2.18. The first-order chi connectivity index (χ1) is 15.0. The largest absolute Gasteiger partial charge is 0.493 e. The van der Waals surface area contributed by atoms with Crippen LogP contribution in [0.15, 0.2) is 47.3 Å². The van der Waals surface area contributed by atoms with Gasteiger partial charge in [-0.1, -0.05) is 32.3 Å². The molecule has 0 fully saturated rings. The maximum atomic E-state index is 12.5. The molecule has 0 spiro atoms. The third-order valence-corrected chi connectivity index (χ3v) is 4.94. The quantitative estimate of drug-likeness (QED) is 0.356. The lowest BCUT2D eigenvalue weighted by Gasteiger charge is -2.12. The molecule has 0 aliphatic rings. The van der Waals surface area contributed by atoms with E-state index < -0.39 is 5.97 Å². The number of methoxy groups -OCH3 is 1. The van der Waals surface area contributed by atoms with Crippen LogP contribution >= 0.6 is 0 Å².